The van der Waals surface area contributed by atoms with E-state index in [0.717, 1.165) is 6.42 Å². The Morgan fingerprint density at radius 2 is 1.89 bits per heavy atom. The van der Waals surface area contributed by atoms with Crippen molar-refractivity contribution in [3.05, 3.63) is 64.6 Å². The van der Waals surface area contributed by atoms with E-state index in [9.17, 15) is 14.4 Å². The summed E-state index contributed by atoms with van der Waals surface area (Å²) in [7, 11) is 1.61. The highest BCUT2D eigenvalue weighted by molar-refractivity contribution is 5.95. The van der Waals surface area contributed by atoms with E-state index < -0.39 is 11.8 Å². The van der Waals surface area contributed by atoms with E-state index in [1.54, 1.807) is 49.7 Å². The van der Waals surface area contributed by atoms with E-state index in [4.69, 9.17) is 10.5 Å². The lowest BCUT2D eigenvalue weighted by Gasteiger charge is -2.34. The summed E-state index contributed by atoms with van der Waals surface area (Å²) in [6, 6.07) is 11.3. The first-order chi connectivity index (χ1) is 13.0. The quantitative estimate of drug-likeness (QED) is 0.827. The van der Waals surface area contributed by atoms with Gasteiger partial charge in [0.15, 0.2) is 0 Å². The minimum absolute atomic E-state index is 0.0147. The average Bonchev–Trinajstić information content (AvgIpc) is 2.68. The van der Waals surface area contributed by atoms with Gasteiger partial charge in [-0.2, -0.15) is 0 Å². The molecule has 0 saturated heterocycles. The van der Waals surface area contributed by atoms with Crippen LogP contribution in [0.25, 0.3) is 5.69 Å². The number of hydrogen-bond acceptors (Lipinski definition) is 4. The van der Waals surface area contributed by atoms with Crippen LogP contribution < -0.4 is 16.6 Å². The number of primary amides is 1. The number of carbonyl (C=O) groups excluding carboxylic acids is 2. The fraction of sp³-hybridized carbons (Fsp3) is 0.350. The molecular formula is C20H23N3O4. The van der Waals surface area contributed by atoms with Crippen molar-refractivity contribution in [1.82, 2.24) is 9.88 Å². The Hall–Kier alpha value is -2.93. The number of nitrogens with one attached hydrogen (secondary N) is 1. The molecule has 0 bridgehead atoms. The number of rotatable bonds is 5. The molecule has 0 aliphatic heterocycles. The van der Waals surface area contributed by atoms with Gasteiger partial charge in [-0.05, 0) is 49.6 Å². The highest BCUT2D eigenvalue weighted by Gasteiger charge is 2.35. The van der Waals surface area contributed by atoms with E-state index in [1.807, 2.05) is 0 Å². The van der Waals surface area contributed by atoms with Gasteiger partial charge in [-0.15, -0.1) is 0 Å². The molecule has 7 heteroatoms. The van der Waals surface area contributed by atoms with Gasteiger partial charge in [0.2, 0.25) is 5.91 Å². The van der Waals surface area contributed by atoms with Crippen LogP contribution in [0.4, 0.5) is 0 Å². The number of ether oxygens (including phenoxy) is 1. The zero-order chi connectivity index (χ0) is 19.4. The van der Waals surface area contributed by atoms with Crippen LogP contribution in [0.5, 0.6) is 0 Å². The fourth-order valence-corrected chi connectivity index (χ4v) is 3.50. The fourth-order valence-electron chi connectivity index (χ4n) is 3.50. The molecule has 27 heavy (non-hydrogen) atoms. The number of nitrogens with two attached hydrogens (primary N) is 1. The zero-order valence-electron chi connectivity index (χ0n) is 15.1. The summed E-state index contributed by atoms with van der Waals surface area (Å²) >= 11 is 0. The molecular weight excluding hydrogens is 346 g/mol. The van der Waals surface area contributed by atoms with Crippen LogP contribution in [0.15, 0.2) is 53.5 Å². The first-order valence-corrected chi connectivity index (χ1v) is 8.90. The maximum Gasteiger partial charge on any atom is 0.255 e. The number of nitrogens with zero attached hydrogens (tertiary/aromatic N) is 1. The molecule has 3 rings (SSSR count). The highest BCUT2D eigenvalue weighted by atomic mass is 16.5. The molecule has 2 aromatic rings. The summed E-state index contributed by atoms with van der Waals surface area (Å²) in [5, 5.41) is 2.92. The van der Waals surface area contributed by atoms with E-state index in [-0.39, 0.29) is 23.6 Å². The average molecular weight is 369 g/mol. The third-order valence-electron chi connectivity index (χ3n) is 5.05. The smallest absolute Gasteiger partial charge is 0.255 e. The molecule has 142 valence electrons. The Morgan fingerprint density at radius 1 is 1.15 bits per heavy atom. The topological polar surface area (TPSA) is 103 Å². The van der Waals surface area contributed by atoms with Crippen molar-refractivity contribution in [2.75, 3.05) is 7.11 Å². The maximum atomic E-state index is 12.6. The van der Waals surface area contributed by atoms with E-state index in [0.29, 0.717) is 24.1 Å². The summed E-state index contributed by atoms with van der Waals surface area (Å²) in [5.41, 5.74) is 6.50. The molecule has 1 heterocycles. The number of aromatic nitrogens is 1. The molecule has 1 fully saturated rings. The number of benzene rings is 1. The Bertz CT molecular complexity index is 875. The van der Waals surface area contributed by atoms with Crippen molar-refractivity contribution in [3.8, 4) is 5.69 Å². The molecule has 0 radical (unpaired) electrons. The van der Waals surface area contributed by atoms with Gasteiger partial charge in [-0.3, -0.25) is 19.0 Å². The summed E-state index contributed by atoms with van der Waals surface area (Å²) in [4.78, 5) is 36.2. The molecule has 1 aromatic heterocycles. The summed E-state index contributed by atoms with van der Waals surface area (Å²) in [6.45, 7) is 0. The molecule has 0 spiro atoms. The van der Waals surface area contributed by atoms with Crippen molar-refractivity contribution in [3.63, 3.8) is 0 Å². The predicted octanol–water partition coefficient (Wildman–Crippen LogP) is 1.24. The van der Waals surface area contributed by atoms with Gasteiger partial charge in [0.05, 0.1) is 12.0 Å². The molecule has 3 N–H and O–H groups in total. The summed E-state index contributed by atoms with van der Waals surface area (Å²) in [6.07, 6.45) is 3.56. The first kappa shape index (κ1) is 18.8. The normalized spacial score (nSPS) is 22.2. The lowest BCUT2D eigenvalue weighted by Crippen LogP contribution is -2.49. The van der Waals surface area contributed by atoms with Crippen molar-refractivity contribution in [2.24, 2.45) is 11.7 Å². The third-order valence-corrected chi connectivity index (χ3v) is 5.05. The Labute approximate surface area is 157 Å². The maximum absolute atomic E-state index is 12.6. The number of pyridine rings is 1. The summed E-state index contributed by atoms with van der Waals surface area (Å²) < 4.78 is 6.82. The minimum atomic E-state index is -0.449. The standard InChI is InChI=1S/C20H23N3O4/c1-27-15-9-10-17(16(12-15)19(21)25)22-20(26)13-5-7-14(8-6-13)23-11-3-2-4-18(23)24/h2-8,11,15-17H,9-10,12H2,1H3,(H2,21,25)(H,22,26). The second kappa shape index (κ2) is 8.18. The second-order valence-corrected chi connectivity index (χ2v) is 6.72. The number of carbonyl (C=O) groups is 2. The van der Waals surface area contributed by atoms with Gasteiger partial charge in [-0.25, -0.2) is 0 Å². The molecule has 1 saturated carbocycles. The molecule has 7 nitrogen and oxygen atoms in total. The Kier molecular flexibility index (Phi) is 5.71. The van der Waals surface area contributed by atoms with E-state index in [2.05, 4.69) is 5.32 Å². The predicted molar refractivity (Wildman–Crippen MR) is 101 cm³/mol. The lowest BCUT2D eigenvalue weighted by molar-refractivity contribution is -0.125. The Morgan fingerprint density at radius 3 is 2.52 bits per heavy atom. The first-order valence-electron chi connectivity index (χ1n) is 8.90. The molecule has 2 amide bonds. The lowest BCUT2D eigenvalue weighted by atomic mass is 9.82. The van der Waals surface area contributed by atoms with Gasteiger partial charge < -0.3 is 15.8 Å². The van der Waals surface area contributed by atoms with Crippen molar-refractivity contribution < 1.29 is 14.3 Å². The van der Waals surface area contributed by atoms with Gasteiger partial charge in [0.25, 0.3) is 11.5 Å². The van der Waals surface area contributed by atoms with Crippen LogP contribution >= 0.6 is 0 Å². The van der Waals surface area contributed by atoms with Gasteiger partial charge in [-0.1, -0.05) is 6.07 Å². The number of amides is 2. The van der Waals surface area contributed by atoms with Crippen LogP contribution in [0, 0.1) is 5.92 Å². The van der Waals surface area contributed by atoms with Crippen molar-refractivity contribution >= 4 is 11.8 Å². The zero-order valence-corrected chi connectivity index (χ0v) is 15.1. The number of hydrogen-bond donors (Lipinski definition) is 2. The van der Waals surface area contributed by atoms with Crippen molar-refractivity contribution in [2.45, 2.75) is 31.4 Å². The third kappa shape index (κ3) is 4.25. The monoisotopic (exact) mass is 369 g/mol. The van der Waals surface area contributed by atoms with Crippen LogP contribution in [0.2, 0.25) is 0 Å². The summed E-state index contributed by atoms with van der Waals surface area (Å²) in [5.74, 6) is -1.15. The molecule has 1 aliphatic rings. The molecule has 1 aliphatic carbocycles. The minimum Gasteiger partial charge on any atom is -0.381 e. The van der Waals surface area contributed by atoms with Crippen molar-refractivity contribution in [1.29, 1.82) is 0 Å². The van der Waals surface area contributed by atoms with Crippen LogP contribution in [-0.2, 0) is 9.53 Å². The largest absolute Gasteiger partial charge is 0.381 e. The molecule has 3 unspecified atom stereocenters. The number of methoxy groups -OCH3 is 1. The van der Waals surface area contributed by atoms with Gasteiger partial charge in [0.1, 0.15) is 0 Å². The second-order valence-electron chi connectivity index (χ2n) is 6.72. The van der Waals surface area contributed by atoms with Gasteiger partial charge in [0, 0.05) is 36.7 Å². The van der Waals surface area contributed by atoms with E-state index >= 15 is 0 Å². The van der Waals surface area contributed by atoms with Crippen LogP contribution in [0.3, 0.4) is 0 Å². The molecule has 1 aromatic carbocycles. The van der Waals surface area contributed by atoms with E-state index in [1.165, 1.54) is 10.6 Å². The Balaban J connectivity index is 1.72. The van der Waals surface area contributed by atoms with Crippen LogP contribution in [0.1, 0.15) is 29.6 Å². The SMILES string of the molecule is COC1CCC(NC(=O)c2ccc(-n3ccccc3=O)cc2)C(C(N)=O)C1. The molecule has 3 atom stereocenters. The van der Waals surface area contributed by atoms with Crippen LogP contribution in [-0.4, -0.2) is 35.6 Å². The van der Waals surface area contributed by atoms with Gasteiger partial charge >= 0.3 is 0 Å². The highest BCUT2D eigenvalue weighted by Crippen LogP contribution is 2.26.